The zero-order valence-corrected chi connectivity index (χ0v) is 21.4. The van der Waals surface area contributed by atoms with E-state index in [0.717, 1.165) is 16.8 Å². The molecular formula is C28H37FN4O2. The van der Waals surface area contributed by atoms with Crippen molar-refractivity contribution < 1.29 is 13.9 Å². The van der Waals surface area contributed by atoms with Crippen LogP contribution in [0.15, 0.2) is 60.8 Å². The van der Waals surface area contributed by atoms with E-state index in [1.54, 1.807) is 4.90 Å². The number of halogens is 1. The molecule has 1 amide bonds. The van der Waals surface area contributed by atoms with Gasteiger partial charge in [0.1, 0.15) is 18.6 Å². The Morgan fingerprint density at radius 1 is 1.14 bits per heavy atom. The summed E-state index contributed by atoms with van der Waals surface area (Å²) in [6.07, 6.45) is 0.666. The molecule has 0 fully saturated rings. The van der Waals surface area contributed by atoms with Crippen molar-refractivity contribution >= 4 is 5.91 Å². The Morgan fingerprint density at radius 2 is 1.80 bits per heavy atom. The highest BCUT2D eigenvalue weighted by molar-refractivity contribution is 5.78. The van der Waals surface area contributed by atoms with Gasteiger partial charge in [0.25, 0.3) is 0 Å². The number of carbonyl (C=O) groups excluding carboxylic acids is 1. The number of aromatic nitrogens is 2. The van der Waals surface area contributed by atoms with Crippen LogP contribution in [0.25, 0.3) is 11.3 Å². The standard InChI is InChI=1S/C28H37FN4O2/c1-20-11-9-10-14-22(20)16-32-18-24(21-12-7-6-8-13-21)31-27(32)26(28(2,3)4)33(17-23(29)15-30)25(34)19-35-5/h6-14,18,23,26H,15-17,19,30H2,1-5H3. The van der Waals surface area contributed by atoms with E-state index in [2.05, 4.69) is 23.6 Å². The highest BCUT2D eigenvalue weighted by Crippen LogP contribution is 2.39. The van der Waals surface area contributed by atoms with Crippen molar-refractivity contribution in [2.24, 2.45) is 11.1 Å². The number of hydrogen-bond acceptors (Lipinski definition) is 4. The lowest BCUT2D eigenvalue weighted by atomic mass is 9.84. The van der Waals surface area contributed by atoms with Crippen molar-refractivity contribution in [2.75, 3.05) is 26.8 Å². The number of carbonyl (C=O) groups is 1. The number of nitrogens with zero attached hydrogens (tertiary/aromatic N) is 3. The van der Waals surface area contributed by atoms with E-state index in [0.29, 0.717) is 12.4 Å². The second kappa shape index (κ2) is 11.6. The molecule has 0 aliphatic rings. The minimum Gasteiger partial charge on any atom is -0.375 e. The third-order valence-corrected chi connectivity index (χ3v) is 6.09. The lowest BCUT2D eigenvalue weighted by molar-refractivity contribution is -0.141. The fraction of sp³-hybridized carbons (Fsp3) is 0.429. The Morgan fingerprint density at radius 3 is 2.40 bits per heavy atom. The van der Waals surface area contributed by atoms with E-state index in [4.69, 9.17) is 15.5 Å². The first-order valence-corrected chi connectivity index (χ1v) is 11.9. The molecule has 6 nitrogen and oxygen atoms in total. The predicted molar refractivity (Wildman–Crippen MR) is 138 cm³/mol. The van der Waals surface area contributed by atoms with Gasteiger partial charge in [0.05, 0.1) is 18.3 Å². The second-order valence-electron chi connectivity index (χ2n) is 9.99. The van der Waals surface area contributed by atoms with Gasteiger partial charge >= 0.3 is 0 Å². The maximum Gasteiger partial charge on any atom is 0.249 e. The number of alkyl halides is 1. The average molecular weight is 481 g/mol. The van der Waals surface area contributed by atoms with Gasteiger partial charge in [-0.05, 0) is 23.5 Å². The van der Waals surface area contributed by atoms with Gasteiger partial charge in [-0.25, -0.2) is 9.37 Å². The summed E-state index contributed by atoms with van der Waals surface area (Å²) in [5.41, 5.74) is 9.26. The van der Waals surface area contributed by atoms with Crippen LogP contribution < -0.4 is 5.73 Å². The van der Waals surface area contributed by atoms with E-state index in [1.165, 1.54) is 12.7 Å². The van der Waals surface area contributed by atoms with E-state index in [-0.39, 0.29) is 25.6 Å². The van der Waals surface area contributed by atoms with Crippen molar-refractivity contribution in [2.45, 2.75) is 46.5 Å². The molecule has 0 aliphatic carbocycles. The number of aryl methyl sites for hydroxylation is 1. The quantitative estimate of drug-likeness (QED) is 0.454. The van der Waals surface area contributed by atoms with Crippen LogP contribution in [0, 0.1) is 12.3 Å². The lowest BCUT2D eigenvalue weighted by Crippen LogP contribution is -2.47. The van der Waals surface area contributed by atoms with Gasteiger partial charge in [0.15, 0.2) is 0 Å². The summed E-state index contributed by atoms with van der Waals surface area (Å²) >= 11 is 0. The third kappa shape index (κ3) is 6.55. The van der Waals surface area contributed by atoms with E-state index in [9.17, 15) is 9.18 Å². The molecule has 2 atom stereocenters. The SMILES string of the molecule is COCC(=O)N(CC(F)CN)C(c1nc(-c2ccccc2)cn1Cc1ccccc1C)C(C)(C)C. The van der Waals surface area contributed by atoms with Crippen LogP contribution in [0.4, 0.5) is 4.39 Å². The van der Waals surface area contributed by atoms with E-state index in [1.807, 2.05) is 69.4 Å². The molecule has 0 spiro atoms. The third-order valence-electron chi connectivity index (χ3n) is 6.09. The smallest absolute Gasteiger partial charge is 0.249 e. The molecule has 1 aromatic heterocycles. The van der Waals surface area contributed by atoms with Crippen molar-refractivity contribution in [3.63, 3.8) is 0 Å². The summed E-state index contributed by atoms with van der Waals surface area (Å²) in [5, 5.41) is 0. The van der Waals surface area contributed by atoms with Gasteiger partial charge in [-0.2, -0.15) is 0 Å². The number of imidazole rings is 1. The molecule has 0 saturated carbocycles. The Balaban J connectivity index is 2.19. The van der Waals surface area contributed by atoms with E-state index < -0.39 is 17.6 Å². The van der Waals surface area contributed by atoms with Crippen LogP contribution in [-0.4, -0.2) is 53.3 Å². The molecule has 2 N–H and O–H groups in total. The predicted octanol–water partition coefficient (Wildman–Crippen LogP) is 4.77. The first-order chi connectivity index (χ1) is 16.7. The molecule has 7 heteroatoms. The van der Waals surface area contributed by atoms with Crippen molar-refractivity contribution in [1.29, 1.82) is 0 Å². The lowest BCUT2D eigenvalue weighted by Gasteiger charge is -2.40. The molecule has 3 rings (SSSR count). The number of nitrogens with two attached hydrogens (primary N) is 1. The van der Waals surface area contributed by atoms with Gasteiger partial charge in [-0.1, -0.05) is 75.4 Å². The van der Waals surface area contributed by atoms with Crippen molar-refractivity contribution in [3.8, 4) is 11.3 Å². The Hall–Kier alpha value is -3.03. The van der Waals surface area contributed by atoms with Gasteiger partial charge in [-0.3, -0.25) is 4.79 Å². The summed E-state index contributed by atoms with van der Waals surface area (Å²) < 4.78 is 21.9. The first kappa shape index (κ1) is 26.6. The molecule has 1 heterocycles. The molecule has 0 aliphatic heterocycles. The Labute approximate surface area is 207 Å². The molecule has 2 unspecified atom stereocenters. The molecule has 0 bridgehead atoms. The summed E-state index contributed by atoms with van der Waals surface area (Å²) in [6, 6.07) is 17.6. The maximum atomic E-state index is 14.6. The highest BCUT2D eigenvalue weighted by Gasteiger charge is 2.39. The largest absolute Gasteiger partial charge is 0.375 e. The number of rotatable bonds is 10. The van der Waals surface area contributed by atoms with Gasteiger partial charge in [0.2, 0.25) is 5.91 Å². The fourth-order valence-corrected chi connectivity index (χ4v) is 4.33. The molecule has 2 aromatic carbocycles. The molecule has 0 radical (unpaired) electrons. The van der Waals surface area contributed by atoms with Gasteiger partial charge in [-0.15, -0.1) is 0 Å². The normalized spacial score (nSPS) is 13.5. The van der Waals surface area contributed by atoms with E-state index >= 15 is 0 Å². The maximum absolute atomic E-state index is 14.6. The second-order valence-corrected chi connectivity index (χ2v) is 9.99. The van der Waals surface area contributed by atoms with Crippen LogP contribution >= 0.6 is 0 Å². The molecule has 0 saturated heterocycles. The fourth-order valence-electron chi connectivity index (χ4n) is 4.33. The topological polar surface area (TPSA) is 73.4 Å². The Kier molecular flexibility index (Phi) is 8.81. The summed E-state index contributed by atoms with van der Waals surface area (Å²) in [7, 11) is 1.46. The number of methoxy groups -OCH3 is 1. The van der Waals surface area contributed by atoms with Crippen LogP contribution in [0.2, 0.25) is 0 Å². The minimum absolute atomic E-state index is 0.126. The van der Waals surface area contributed by atoms with Crippen LogP contribution in [0.3, 0.4) is 0 Å². The monoisotopic (exact) mass is 480 g/mol. The van der Waals surface area contributed by atoms with Crippen molar-refractivity contribution in [1.82, 2.24) is 14.5 Å². The average Bonchev–Trinajstić information content (AvgIpc) is 3.23. The zero-order chi connectivity index (χ0) is 25.6. The molecule has 188 valence electrons. The zero-order valence-electron chi connectivity index (χ0n) is 21.4. The molecule has 35 heavy (non-hydrogen) atoms. The molecular weight excluding hydrogens is 443 g/mol. The number of benzene rings is 2. The molecule has 3 aromatic rings. The number of hydrogen-bond donors (Lipinski definition) is 1. The van der Waals surface area contributed by atoms with Crippen LogP contribution in [-0.2, 0) is 16.1 Å². The first-order valence-electron chi connectivity index (χ1n) is 11.9. The summed E-state index contributed by atoms with van der Waals surface area (Å²) in [4.78, 5) is 19.8. The van der Waals surface area contributed by atoms with Crippen LogP contribution in [0.5, 0.6) is 0 Å². The van der Waals surface area contributed by atoms with Crippen molar-refractivity contribution in [3.05, 3.63) is 77.7 Å². The van der Waals surface area contributed by atoms with Gasteiger partial charge in [0, 0.05) is 32.0 Å². The Bertz CT molecular complexity index is 1110. The van der Waals surface area contributed by atoms with Crippen LogP contribution in [0.1, 0.15) is 43.8 Å². The summed E-state index contributed by atoms with van der Waals surface area (Å²) in [5.74, 6) is 0.406. The highest BCUT2D eigenvalue weighted by atomic mass is 19.1. The van der Waals surface area contributed by atoms with Gasteiger partial charge < -0.3 is 19.9 Å². The summed E-state index contributed by atoms with van der Waals surface area (Å²) in [6.45, 7) is 8.33. The number of ether oxygens (including phenoxy) is 1. The number of amides is 1. The minimum atomic E-state index is -1.35.